The molecule has 0 unspecified atom stereocenters. The number of hydrogen-bond acceptors (Lipinski definition) is 4. The van der Waals surface area contributed by atoms with Crippen molar-refractivity contribution >= 4 is 17.1 Å². The molecule has 0 fully saturated rings. The van der Waals surface area contributed by atoms with Gasteiger partial charge in [0.2, 0.25) is 0 Å². The molecule has 0 spiro atoms. The summed E-state index contributed by atoms with van der Waals surface area (Å²) in [6, 6.07) is 11.1. The van der Waals surface area contributed by atoms with Gasteiger partial charge in [-0.15, -0.1) is 0 Å². The Morgan fingerprint density at radius 3 is 2.50 bits per heavy atom. The predicted octanol–water partition coefficient (Wildman–Crippen LogP) is 2.89. The largest absolute Gasteiger partial charge is 0.508 e. The van der Waals surface area contributed by atoms with Crippen molar-refractivity contribution in [3.8, 4) is 5.75 Å². The highest BCUT2D eigenvalue weighted by molar-refractivity contribution is 5.59. The molecule has 20 heavy (non-hydrogen) atoms. The van der Waals surface area contributed by atoms with Crippen molar-refractivity contribution in [1.82, 2.24) is 0 Å². The fourth-order valence-corrected chi connectivity index (χ4v) is 2.18. The Hall–Kier alpha value is -2.36. The quantitative estimate of drug-likeness (QED) is 0.590. The number of aryl methyl sites for hydroxylation is 1. The van der Waals surface area contributed by atoms with E-state index in [1.807, 2.05) is 25.1 Å². The average Bonchev–Trinajstić information content (AvgIpc) is 2.43. The summed E-state index contributed by atoms with van der Waals surface area (Å²) in [5, 5.41) is 9.92. The molecule has 0 aromatic heterocycles. The molecular formula is C16H21N3O. The summed E-state index contributed by atoms with van der Waals surface area (Å²) in [4.78, 5) is 2.17. The van der Waals surface area contributed by atoms with E-state index in [1.54, 1.807) is 12.1 Å². The number of hydrogen-bond donors (Lipinski definition) is 3. The van der Waals surface area contributed by atoms with Crippen molar-refractivity contribution in [3.05, 3.63) is 47.5 Å². The van der Waals surface area contributed by atoms with Crippen LogP contribution in [0.3, 0.4) is 0 Å². The van der Waals surface area contributed by atoms with Crippen molar-refractivity contribution in [2.24, 2.45) is 0 Å². The van der Waals surface area contributed by atoms with Crippen LogP contribution >= 0.6 is 0 Å². The number of rotatable bonds is 4. The number of phenols is 1. The number of aromatic hydroxyl groups is 1. The molecule has 5 N–H and O–H groups in total. The molecule has 0 bridgehead atoms. The zero-order chi connectivity index (χ0) is 14.7. The third-order valence-electron chi connectivity index (χ3n) is 3.47. The van der Waals surface area contributed by atoms with Gasteiger partial charge in [0.25, 0.3) is 0 Å². The van der Waals surface area contributed by atoms with E-state index < -0.39 is 0 Å². The van der Waals surface area contributed by atoms with Crippen LogP contribution in [0.5, 0.6) is 5.75 Å². The maximum atomic E-state index is 9.92. The zero-order valence-electron chi connectivity index (χ0n) is 11.9. The highest BCUT2D eigenvalue weighted by atomic mass is 16.3. The summed E-state index contributed by atoms with van der Waals surface area (Å²) in [6.45, 7) is 5.51. The third kappa shape index (κ3) is 2.96. The first kappa shape index (κ1) is 14.1. The van der Waals surface area contributed by atoms with Gasteiger partial charge in [0.1, 0.15) is 5.75 Å². The van der Waals surface area contributed by atoms with Crippen LogP contribution in [-0.4, -0.2) is 11.7 Å². The summed E-state index contributed by atoms with van der Waals surface area (Å²) in [5.41, 5.74) is 16.0. The number of nitrogens with zero attached hydrogens (tertiary/aromatic N) is 1. The van der Waals surface area contributed by atoms with Crippen LogP contribution in [0, 0.1) is 6.92 Å². The maximum Gasteiger partial charge on any atom is 0.120 e. The summed E-state index contributed by atoms with van der Waals surface area (Å²) in [6.07, 6.45) is 0. The minimum absolute atomic E-state index is 0.268. The molecule has 0 aliphatic carbocycles. The van der Waals surface area contributed by atoms with Crippen LogP contribution in [0.2, 0.25) is 0 Å². The molecule has 106 valence electrons. The van der Waals surface area contributed by atoms with Gasteiger partial charge in [-0.05, 0) is 55.8 Å². The lowest BCUT2D eigenvalue weighted by molar-refractivity contribution is 0.467. The lowest BCUT2D eigenvalue weighted by atomic mass is 10.1. The Bertz CT molecular complexity index is 611. The fraction of sp³-hybridized carbons (Fsp3) is 0.250. The summed E-state index contributed by atoms with van der Waals surface area (Å²) >= 11 is 0. The number of benzene rings is 2. The van der Waals surface area contributed by atoms with Gasteiger partial charge in [-0.3, -0.25) is 0 Å². The number of nitrogen functional groups attached to an aromatic ring is 2. The minimum Gasteiger partial charge on any atom is -0.508 e. The van der Waals surface area contributed by atoms with E-state index in [1.165, 1.54) is 0 Å². The van der Waals surface area contributed by atoms with Crippen LogP contribution < -0.4 is 16.4 Å². The Morgan fingerprint density at radius 2 is 1.85 bits per heavy atom. The summed E-state index contributed by atoms with van der Waals surface area (Å²) < 4.78 is 0. The second-order valence-electron chi connectivity index (χ2n) is 4.94. The Kier molecular flexibility index (Phi) is 4.03. The minimum atomic E-state index is 0.268. The molecule has 0 atom stereocenters. The van der Waals surface area contributed by atoms with Gasteiger partial charge in [-0.25, -0.2) is 0 Å². The van der Waals surface area contributed by atoms with Gasteiger partial charge >= 0.3 is 0 Å². The lowest BCUT2D eigenvalue weighted by Gasteiger charge is -2.24. The van der Waals surface area contributed by atoms with E-state index in [-0.39, 0.29) is 5.75 Å². The first-order valence-corrected chi connectivity index (χ1v) is 6.69. The first-order chi connectivity index (χ1) is 9.51. The molecule has 2 rings (SSSR count). The molecule has 0 heterocycles. The Morgan fingerprint density at radius 1 is 1.10 bits per heavy atom. The second kappa shape index (κ2) is 5.74. The lowest BCUT2D eigenvalue weighted by Crippen LogP contribution is -2.22. The summed E-state index contributed by atoms with van der Waals surface area (Å²) in [7, 11) is 0. The molecule has 0 radical (unpaired) electrons. The van der Waals surface area contributed by atoms with E-state index in [0.717, 1.165) is 29.0 Å². The predicted molar refractivity (Wildman–Crippen MR) is 84.8 cm³/mol. The molecule has 4 heteroatoms. The fourth-order valence-electron chi connectivity index (χ4n) is 2.18. The van der Waals surface area contributed by atoms with Crippen LogP contribution in [0.1, 0.15) is 18.1 Å². The Labute approximate surface area is 119 Å². The van der Waals surface area contributed by atoms with Crippen LogP contribution in [0.25, 0.3) is 0 Å². The van der Waals surface area contributed by atoms with E-state index >= 15 is 0 Å². The van der Waals surface area contributed by atoms with Crippen molar-refractivity contribution in [1.29, 1.82) is 0 Å². The van der Waals surface area contributed by atoms with E-state index in [0.29, 0.717) is 12.2 Å². The number of anilines is 3. The normalized spacial score (nSPS) is 10.5. The van der Waals surface area contributed by atoms with Crippen LogP contribution in [0.15, 0.2) is 36.4 Å². The maximum absolute atomic E-state index is 9.92. The molecule has 0 saturated heterocycles. The van der Waals surface area contributed by atoms with Gasteiger partial charge in [0, 0.05) is 35.7 Å². The molecule has 0 aliphatic heterocycles. The number of phenolic OH excluding ortho intramolecular Hbond substituents is 1. The molecule has 2 aromatic carbocycles. The van der Waals surface area contributed by atoms with Gasteiger partial charge in [-0.1, -0.05) is 0 Å². The molecule has 0 aliphatic rings. The summed E-state index contributed by atoms with van der Waals surface area (Å²) in [5.74, 6) is 0.268. The van der Waals surface area contributed by atoms with Crippen molar-refractivity contribution in [2.45, 2.75) is 20.4 Å². The van der Waals surface area contributed by atoms with Crippen LogP contribution in [0.4, 0.5) is 17.1 Å². The molecule has 4 nitrogen and oxygen atoms in total. The van der Waals surface area contributed by atoms with Crippen LogP contribution in [-0.2, 0) is 6.54 Å². The Balaban J connectivity index is 2.28. The van der Waals surface area contributed by atoms with Crippen molar-refractivity contribution < 1.29 is 5.11 Å². The van der Waals surface area contributed by atoms with Gasteiger partial charge in [-0.2, -0.15) is 0 Å². The van der Waals surface area contributed by atoms with Gasteiger partial charge in [0.05, 0.1) is 0 Å². The zero-order valence-corrected chi connectivity index (χ0v) is 11.9. The highest BCUT2D eigenvalue weighted by Gasteiger charge is 2.10. The molecule has 0 amide bonds. The highest BCUT2D eigenvalue weighted by Crippen LogP contribution is 2.26. The van der Waals surface area contributed by atoms with E-state index in [2.05, 4.69) is 17.9 Å². The standard InChI is InChI=1S/C16H21N3O/c1-3-19(14-5-6-15(18)11(2)8-14)10-12-9-13(17)4-7-16(12)20/h4-9,20H,3,10,17-18H2,1-2H3. The SMILES string of the molecule is CCN(Cc1cc(N)ccc1O)c1ccc(N)c(C)c1. The topological polar surface area (TPSA) is 75.5 Å². The average molecular weight is 271 g/mol. The third-order valence-corrected chi connectivity index (χ3v) is 3.47. The van der Waals surface area contributed by atoms with Gasteiger partial charge in [0.15, 0.2) is 0 Å². The van der Waals surface area contributed by atoms with Crippen molar-refractivity contribution in [2.75, 3.05) is 22.9 Å². The molecule has 0 saturated carbocycles. The van der Waals surface area contributed by atoms with Crippen molar-refractivity contribution in [3.63, 3.8) is 0 Å². The van der Waals surface area contributed by atoms with Gasteiger partial charge < -0.3 is 21.5 Å². The first-order valence-electron chi connectivity index (χ1n) is 6.69. The van der Waals surface area contributed by atoms with E-state index in [4.69, 9.17) is 11.5 Å². The van der Waals surface area contributed by atoms with E-state index in [9.17, 15) is 5.11 Å². The monoisotopic (exact) mass is 271 g/mol. The second-order valence-corrected chi connectivity index (χ2v) is 4.94. The number of nitrogens with two attached hydrogens (primary N) is 2. The smallest absolute Gasteiger partial charge is 0.120 e. The molecule has 2 aromatic rings. The molecular weight excluding hydrogens is 250 g/mol.